The number of rotatable bonds is 4. The van der Waals surface area contributed by atoms with Crippen LogP contribution in [0.5, 0.6) is 0 Å². The number of anilines is 2. The Morgan fingerprint density at radius 1 is 1.08 bits per heavy atom. The number of non-ortho nitro benzene ring substituents is 1. The summed E-state index contributed by atoms with van der Waals surface area (Å²) in [4.78, 5) is 27.0. The first-order valence-corrected chi connectivity index (χ1v) is 8.64. The van der Waals surface area contributed by atoms with E-state index >= 15 is 0 Å². The summed E-state index contributed by atoms with van der Waals surface area (Å²) in [6, 6.07) is 12.1. The molecule has 1 aliphatic rings. The summed E-state index contributed by atoms with van der Waals surface area (Å²) in [6.07, 6.45) is 0. The highest BCUT2D eigenvalue weighted by Crippen LogP contribution is 2.29. The molecule has 1 amide bonds. The molecule has 1 fully saturated rings. The summed E-state index contributed by atoms with van der Waals surface area (Å²) >= 11 is 6.27. The van der Waals surface area contributed by atoms with Gasteiger partial charge in [0.15, 0.2) is 0 Å². The van der Waals surface area contributed by atoms with Crippen molar-refractivity contribution < 1.29 is 9.72 Å². The monoisotopic (exact) mass is 374 g/mol. The number of halogens is 1. The molecule has 0 aliphatic carbocycles. The first-order valence-electron chi connectivity index (χ1n) is 8.26. The second-order valence-corrected chi connectivity index (χ2v) is 6.37. The highest BCUT2D eigenvalue weighted by Gasteiger charge is 2.24. The Kier molecular flexibility index (Phi) is 5.27. The van der Waals surface area contributed by atoms with Crippen LogP contribution in [-0.4, -0.2) is 44.1 Å². The molecule has 0 atom stereocenters. The van der Waals surface area contributed by atoms with Crippen LogP contribution in [0.15, 0.2) is 42.5 Å². The third kappa shape index (κ3) is 3.57. The highest BCUT2D eigenvalue weighted by molar-refractivity contribution is 6.33. The minimum Gasteiger partial charge on any atom is -0.367 e. The van der Waals surface area contributed by atoms with Crippen LogP contribution >= 0.6 is 11.6 Å². The highest BCUT2D eigenvalue weighted by atomic mass is 35.5. The summed E-state index contributed by atoms with van der Waals surface area (Å²) in [5, 5.41) is 14.3. The van der Waals surface area contributed by atoms with Gasteiger partial charge in [0.05, 0.1) is 26.9 Å². The van der Waals surface area contributed by atoms with Crippen molar-refractivity contribution in [3.63, 3.8) is 0 Å². The van der Waals surface area contributed by atoms with Crippen LogP contribution in [0.3, 0.4) is 0 Å². The van der Waals surface area contributed by atoms with Crippen LogP contribution < -0.4 is 15.1 Å². The van der Waals surface area contributed by atoms with Crippen molar-refractivity contribution in [2.24, 2.45) is 0 Å². The largest absolute Gasteiger partial charge is 0.367 e. The van der Waals surface area contributed by atoms with Gasteiger partial charge in [0.2, 0.25) is 0 Å². The van der Waals surface area contributed by atoms with Crippen molar-refractivity contribution >= 4 is 34.6 Å². The van der Waals surface area contributed by atoms with Gasteiger partial charge in [-0.25, -0.2) is 0 Å². The first kappa shape index (κ1) is 18.0. The Morgan fingerprint density at radius 2 is 1.69 bits per heavy atom. The molecule has 7 nitrogen and oxygen atoms in total. The van der Waals surface area contributed by atoms with Gasteiger partial charge in [0.25, 0.3) is 11.6 Å². The number of hydrogen-bond donors (Lipinski definition) is 1. The molecule has 0 radical (unpaired) electrons. The minimum absolute atomic E-state index is 0.0953. The minimum atomic E-state index is -0.494. The molecule has 2 aromatic carbocycles. The van der Waals surface area contributed by atoms with E-state index in [1.165, 1.54) is 19.2 Å². The van der Waals surface area contributed by atoms with Crippen LogP contribution in [0.2, 0.25) is 5.02 Å². The summed E-state index contributed by atoms with van der Waals surface area (Å²) in [5.41, 5.74) is 1.91. The lowest BCUT2D eigenvalue weighted by atomic mass is 10.1. The summed E-state index contributed by atoms with van der Waals surface area (Å²) < 4.78 is 0. The van der Waals surface area contributed by atoms with E-state index in [4.69, 9.17) is 11.6 Å². The molecule has 0 unspecified atom stereocenters. The number of piperazine rings is 1. The number of benzene rings is 2. The number of nitro benzene ring substituents is 1. The van der Waals surface area contributed by atoms with E-state index in [9.17, 15) is 14.9 Å². The maximum atomic E-state index is 12.2. The lowest BCUT2D eigenvalue weighted by Gasteiger charge is -2.38. The van der Waals surface area contributed by atoms with Gasteiger partial charge < -0.3 is 15.1 Å². The summed E-state index contributed by atoms with van der Waals surface area (Å²) in [5.74, 6) is -0.336. The smallest absolute Gasteiger partial charge is 0.270 e. The third-order valence-electron chi connectivity index (χ3n) is 4.48. The molecule has 26 heavy (non-hydrogen) atoms. The third-order valence-corrected chi connectivity index (χ3v) is 4.80. The number of hydrogen-bond acceptors (Lipinski definition) is 5. The molecule has 0 bridgehead atoms. The van der Waals surface area contributed by atoms with Gasteiger partial charge in [-0.3, -0.25) is 14.9 Å². The second kappa shape index (κ2) is 7.61. The summed E-state index contributed by atoms with van der Waals surface area (Å²) in [7, 11) is 1.51. The number of carbonyl (C=O) groups is 1. The zero-order chi connectivity index (χ0) is 18.7. The maximum Gasteiger partial charge on any atom is 0.270 e. The van der Waals surface area contributed by atoms with Gasteiger partial charge in [-0.2, -0.15) is 0 Å². The van der Waals surface area contributed by atoms with Crippen LogP contribution in [0.4, 0.5) is 17.1 Å². The van der Waals surface area contributed by atoms with Crippen molar-refractivity contribution in [3.8, 4) is 0 Å². The van der Waals surface area contributed by atoms with Crippen LogP contribution in [0, 0.1) is 10.1 Å². The van der Waals surface area contributed by atoms with Gasteiger partial charge in [0, 0.05) is 45.4 Å². The van der Waals surface area contributed by atoms with Crippen molar-refractivity contribution in [2.45, 2.75) is 0 Å². The topological polar surface area (TPSA) is 78.7 Å². The fourth-order valence-electron chi connectivity index (χ4n) is 3.13. The van der Waals surface area contributed by atoms with Crippen molar-refractivity contribution in [1.29, 1.82) is 0 Å². The van der Waals surface area contributed by atoms with Crippen molar-refractivity contribution in [2.75, 3.05) is 43.0 Å². The molecule has 0 spiro atoms. The van der Waals surface area contributed by atoms with E-state index in [1.807, 2.05) is 24.3 Å². The van der Waals surface area contributed by atoms with E-state index in [1.54, 1.807) is 6.07 Å². The van der Waals surface area contributed by atoms with Gasteiger partial charge in [-0.15, -0.1) is 0 Å². The maximum absolute atomic E-state index is 12.2. The molecule has 1 heterocycles. The zero-order valence-electron chi connectivity index (χ0n) is 14.3. The average molecular weight is 375 g/mol. The Bertz CT molecular complexity index is 835. The Hall–Kier alpha value is -2.80. The quantitative estimate of drug-likeness (QED) is 0.657. The average Bonchev–Trinajstić information content (AvgIpc) is 2.67. The number of carbonyl (C=O) groups excluding carboxylic acids is 1. The molecule has 8 heteroatoms. The van der Waals surface area contributed by atoms with E-state index in [0.717, 1.165) is 18.8 Å². The van der Waals surface area contributed by atoms with Gasteiger partial charge in [-0.1, -0.05) is 23.7 Å². The SMILES string of the molecule is CNC(=O)c1cc([N+](=O)[O-])ccc1N1CCN(c2ccccc2Cl)CC1. The lowest BCUT2D eigenvalue weighted by molar-refractivity contribution is -0.384. The standard InChI is InChI=1S/C18H19ClN4O3/c1-20-18(24)14-12-13(23(25)26)6-7-16(14)21-8-10-22(11-9-21)17-5-3-2-4-15(17)19/h2-7,12H,8-11H2,1H3,(H,20,24). The Labute approximate surface area is 156 Å². The molecule has 2 aromatic rings. The van der Waals surface area contributed by atoms with Gasteiger partial charge in [0.1, 0.15) is 0 Å². The van der Waals surface area contributed by atoms with E-state index in [2.05, 4.69) is 15.1 Å². The van der Waals surface area contributed by atoms with Gasteiger partial charge in [-0.05, 0) is 18.2 Å². The summed E-state index contributed by atoms with van der Waals surface area (Å²) in [6.45, 7) is 2.86. The molecular formula is C18H19ClN4O3. The Morgan fingerprint density at radius 3 is 2.27 bits per heavy atom. The van der Waals surface area contributed by atoms with Crippen molar-refractivity contribution in [3.05, 3.63) is 63.2 Å². The van der Waals surface area contributed by atoms with E-state index < -0.39 is 4.92 Å². The van der Waals surface area contributed by atoms with E-state index in [0.29, 0.717) is 29.4 Å². The predicted octanol–water partition coefficient (Wildman–Crippen LogP) is 2.93. The molecule has 1 N–H and O–H groups in total. The Balaban J connectivity index is 1.82. The number of amides is 1. The molecule has 136 valence electrons. The normalized spacial score (nSPS) is 14.2. The van der Waals surface area contributed by atoms with Crippen molar-refractivity contribution in [1.82, 2.24) is 5.32 Å². The molecule has 0 aromatic heterocycles. The molecule has 1 saturated heterocycles. The van der Waals surface area contributed by atoms with Crippen LogP contribution in [0.1, 0.15) is 10.4 Å². The second-order valence-electron chi connectivity index (χ2n) is 5.96. The number of para-hydroxylation sites is 1. The molecule has 0 saturated carbocycles. The molecule has 1 aliphatic heterocycles. The number of nitro groups is 1. The lowest BCUT2D eigenvalue weighted by Crippen LogP contribution is -2.47. The number of nitrogens with one attached hydrogen (secondary N) is 1. The first-order chi connectivity index (χ1) is 12.5. The van der Waals surface area contributed by atoms with Crippen LogP contribution in [-0.2, 0) is 0 Å². The predicted molar refractivity (Wildman–Crippen MR) is 102 cm³/mol. The zero-order valence-corrected chi connectivity index (χ0v) is 15.1. The fraction of sp³-hybridized carbons (Fsp3) is 0.278. The van der Waals surface area contributed by atoms with Crippen LogP contribution in [0.25, 0.3) is 0 Å². The molecular weight excluding hydrogens is 356 g/mol. The fourth-order valence-corrected chi connectivity index (χ4v) is 3.38. The molecule has 3 rings (SSSR count). The number of nitrogens with zero attached hydrogens (tertiary/aromatic N) is 3. The van der Waals surface area contributed by atoms with Gasteiger partial charge >= 0.3 is 0 Å². The van der Waals surface area contributed by atoms with E-state index in [-0.39, 0.29) is 11.6 Å².